The molecule has 2 aromatic heterocycles. The minimum absolute atomic E-state index is 0.119. The van der Waals surface area contributed by atoms with Gasteiger partial charge in [-0.25, -0.2) is 8.42 Å². The summed E-state index contributed by atoms with van der Waals surface area (Å²) in [5, 5.41) is 11.4. The lowest BCUT2D eigenvalue weighted by atomic mass is 9.98. The van der Waals surface area contributed by atoms with Crippen molar-refractivity contribution in [3.63, 3.8) is 0 Å². The maximum atomic E-state index is 13.1. The number of aromatic amines is 1. The summed E-state index contributed by atoms with van der Waals surface area (Å²) in [6.45, 7) is 0.958. The molecule has 5 rings (SSSR count). The molecular weight excluding hydrogens is 438 g/mol. The maximum Gasteiger partial charge on any atom is 0.278 e. The highest BCUT2D eigenvalue weighted by molar-refractivity contribution is 7.88. The zero-order chi connectivity index (χ0) is 23.0. The van der Waals surface area contributed by atoms with Crippen molar-refractivity contribution in [2.24, 2.45) is 0 Å². The topological polar surface area (TPSA) is 107 Å². The highest BCUT2D eigenvalue weighted by Gasteiger charge is 2.32. The maximum absolute atomic E-state index is 13.1. The van der Waals surface area contributed by atoms with Crippen molar-refractivity contribution >= 4 is 21.7 Å². The van der Waals surface area contributed by atoms with Gasteiger partial charge in [-0.2, -0.15) is 4.31 Å². The average Bonchev–Trinajstić information content (AvgIpc) is 3.50. The molecule has 1 aromatic carbocycles. The van der Waals surface area contributed by atoms with E-state index in [0.29, 0.717) is 25.1 Å². The van der Waals surface area contributed by atoms with Crippen LogP contribution in [0.25, 0.3) is 11.1 Å². The molecule has 2 aliphatic rings. The third-order valence-electron chi connectivity index (χ3n) is 6.72. The molecule has 1 aliphatic heterocycles. The number of rotatable bonds is 6. The Kier molecular flexibility index (Phi) is 5.90. The van der Waals surface area contributed by atoms with Crippen LogP contribution >= 0.6 is 0 Å². The molecule has 3 aromatic rings. The van der Waals surface area contributed by atoms with Crippen molar-refractivity contribution in [1.82, 2.24) is 29.4 Å². The zero-order valence-electron chi connectivity index (χ0n) is 19.0. The third kappa shape index (κ3) is 4.25. The molecule has 0 saturated carbocycles. The fourth-order valence-electron chi connectivity index (χ4n) is 4.84. The number of H-pyrrole nitrogens is 1. The summed E-state index contributed by atoms with van der Waals surface area (Å²) in [6, 6.07) is 8.61. The molecule has 33 heavy (non-hydrogen) atoms. The van der Waals surface area contributed by atoms with Gasteiger partial charge in [0, 0.05) is 37.1 Å². The van der Waals surface area contributed by atoms with Gasteiger partial charge >= 0.3 is 0 Å². The largest absolute Gasteiger partial charge is 0.324 e. The summed E-state index contributed by atoms with van der Waals surface area (Å²) in [4.78, 5) is 9.19. The molecule has 9 nitrogen and oxygen atoms in total. The number of anilines is 2. The SMILES string of the molecule is CN(C)C1CCN(S(=O)(=O)c2nnc(Nc3c(-c4ccncc4)ccc4c3CCC4)[nH]2)CC1. The molecule has 1 aliphatic carbocycles. The van der Waals surface area contributed by atoms with E-state index in [2.05, 4.69) is 42.5 Å². The van der Waals surface area contributed by atoms with E-state index < -0.39 is 10.0 Å². The molecule has 0 bridgehead atoms. The molecule has 0 amide bonds. The van der Waals surface area contributed by atoms with Gasteiger partial charge in [0.2, 0.25) is 5.95 Å². The molecule has 0 unspecified atom stereocenters. The predicted octanol–water partition coefficient (Wildman–Crippen LogP) is 2.81. The Bertz CT molecular complexity index is 1230. The van der Waals surface area contributed by atoms with E-state index in [9.17, 15) is 8.42 Å². The van der Waals surface area contributed by atoms with Crippen molar-refractivity contribution < 1.29 is 8.42 Å². The number of hydrogen-bond acceptors (Lipinski definition) is 7. The molecular formula is C23H29N7O2S. The Hall–Kier alpha value is -2.82. The Balaban J connectivity index is 1.41. The number of nitrogens with one attached hydrogen (secondary N) is 2. The summed E-state index contributed by atoms with van der Waals surface area (Å²) < 4.78 is 27.8. The second kappa shape index (κ2) is 8.85. The molecule has 1 saturated heterocycles. The number of aryl methyl sites for hydroxylation is 1. The molecule has 1 fully saturated rings. The number of hydrogen-bond donors (Lipinski definition) is 2. The van der Waals surface area contributed by atoms with Crippen LogP contribution in [0.15, 0.2) is 41.8 Å². The van der Waals surface area contributed by atoms with Crippen LogP contribution in [0.1, 0.15) is 30.4 Å². The van der Waals surface area contributed by atoms with Gasteiger partial charge in [-0.05, 0) is 75.0 Å². The average molecular weight is 468 g/mol. The molecule has 0 radical (unpaired) electrons. The molecule has 10 heteroatoms. The van der Waals surface area contributed by atoms with Crippen molar-refractivity contribution in [2.75, 3.05) is 32.5 Å². The fraction of sp³-hybridized carbons (Fsp3) is 0.435. The summed E-state index contributed by atoms with van der Waals surface area (Å²) in [5.74, 6) is 0.326. The fourth-order valence-corrected chi connectivity index (χ4v) is 6.15. The van der Waals surface area contributed by atoms with Crippen LogP contribution in [0.4, 0.5) is 11.6 Å². The quantitative estimate of drug-likeness (QED) is 0.574. The highest BCUT2D eigenvalue weighted by atomic mass is 32.2. The van der Waals surface area contributed by atoms with Crippen LogP contribution in [-0.4, -0.2) is 71.0 Å². The molecule has 0 atom stereocenters. The zero-order valence-corrected chi connectivity index (χ0v) is 19.8. The van der Waals surface area contributed by atoms with E-state index in [0.717, 1.165) is 48.9 Å². The highest BCUT2D eigenvalue weighted by Crippen LogP contribution is 2.38. The van der Waals surface area contributed by atoms with E-state index in [-0.39, 0.29) is 5.16 Å². The smallest absolute Gasteiger partial charge is 0.278 e. The van der Waals surface area contributed by atoms with Gasteiger partial charge in [-0.15, -0.1) is 10.2 Å². The van der Waals surface area contributed by atoms with Crippen LogP contribution in [0.2, 0.25) is 0 Å². The lowest BCUT2D eigenvalue weighted by Gasteiger charge is -2.33. The second-order valence-corrected chi connectivity index (χ2v) is 10.8. The minimum atomic E-state index is -3.72. The van der Waals surface area contributed by atoms with E-state index in [1.165, 1.54) is 15.4 Å². The number of nitrogens with zero attached hydrogens (tertiary/aromatic N) is 5. The minimum Gasteiger partial charge on any atom is -0.324 e. The Labute approximate surface area is 194 Å². The van der Waals surface area contributed by atoms with Gasteiger partial charge < -0.3 is 10.2 Å². The van der Waals surface area contributed by atoms with Crippen LogP contribution in [0, 0.1) is 0 Å². The summed E-state index contributed by atoms with van der Waals surface area (Å²) in [7, 11) is 0.344. The molecule has 0 spiro atoms. The second-order valence-electron chi connectivity index (χ2n) is 8.92. The summed E-state index contributed by atoms with van der Waals surface area (Å²) in [6.07, 6.45) is 8.25. The number of pyridine rings is 1. The Morgan fingerprint density at radius 3 is 2.55 bits per heavy atom. The van der Waals surface area contributed by atoms with Crippen molar-refractivity contribution in [3.8, 4) is 11.1 Å². The van der Waals surface area contributed by atoms with Gasteiger partial charge in [-0.3, -0.25) is 9.97 Å². The van der Waals surface area contributed by atoms with E-state index in [1.807, 2.05) is 26.2 Å². The van der Waals surface area contributed by atoms with Gasteiger partial charge in [0.15, 0.2) is 0 Å². The molecule has 2 N–H and O–H groups in total. The normalized spacial score (nSPS) is 17.4. The number of benzene rings is 1. The number of fused-ring (bicyclic) bond motifs is 1. The van der Waals surface area contributed by atoms with Crippen LogP contribution in [-0.2, 0) is 22.9 Å². The van der Waals surface area contributed by atoms with E-state index >= 15 is 0 Å². The Morgan fingerprint density at radius 2 is 1.82 bits per heavy atom. The van der Waals surface area contributed by atoms with Crippen molar-refractivity contribution in [3.05, 3.63) is 47.8 Å². The van der Waals surface area contributed by atoms with E-state index in [4.69, 9.17) is 0 Å². The first-order valence-corrected chi connectivity index (χ1v) is 12.8. The summed E-state index contributed by atoms with van der Waals surface area (Å²) >= 11 is 0. The predicted molar refractivity (Wildman–Crippen MR) is 127 cm³/mol. The lowest BCUT2D eigenvalue weighted by molar-refractivity contribution is 0.196. The van der Waals surface area contributed by atoms with Crippen LogP contribution < -0.4 is 5.32 Å². The first-order valence-electron chi connectivity index (χ1n) is 11.3. The molecule has 3 heterocycles. The van der Waals surface area contributed by atoms with E-state index in [1.54, 1.807) is 12.4 Å². The van der Waals surface area contributed by atoms with Gasteiger partial charge in [0.05, 0.1) is 5.69 Å². The van der Waals surface area contributed by atoms with Crippen LogP contribution in [0.3, 0.4) is 0 Å². The van der Waals surface area contributed by atoms with Crippen LogP contribution in [0.5, 0.6) is 0 Å². The van der Waals surface area contributed by atoms with Gasteiger partial charge in [0.1, 0.15) is 0 Å². The lowest BCUT2D eigenvalue weighted by Crippen LogP contribution is -2.44. The van der Waals surface area contributed by atoms with Crippen molar-refractivity contribution in [1.29, 1.82) is 0 Å². The first-order chi connectivity index (χ1) is 15.9. The number of aromatic nitrogens is 4. The molecule has 174 valence electrons. The first kappa shape index (κ1) is 22.0. The monoisotopic (exact) mass is 467 g/mol. The standard InChI is InChI=1S/C23H29N7O2S/c1-29(2)18-10-14-30(15-11-18)33(31,32)23-26-22(27-28-23)25-21-19-5-3-4-16(19)6-7-20(21)17-8-12-24-13-9-17/h6-9,12-13,18H,3-5,10-11,14-15H2,1-2H3,(H2,25,26,27,28). The van der Waals surface area contributed by atoms with Crippen molar-refractivity contribution in [2.45, 2.75) is 43.3 Å². The van der Waals surface area contributed by atoms with Gasteiger partial charge in [0.25, 0.3) is 15.2 Å². The number of piperidine rings is 1. The summed E-state index contributed by atoms with van der Waals surface area (Å²) in [5.41, 5.74) is 5.58. The number of sulfonamides is 1. The van der Waals surface area contributed by atoms with Gasteiger partial charge in [-0.1, -0.05) is 12.1 Å². The Morgan fingerprint density at radius 1 is 1.06 bits per heavy atom. The third-order valence-corrected chi connectivity index (χ3v) is 8.44.